The molecule has 0 aliphatic rings. The lowest BCUT2D eigenvalue weighted by Gasteiger charge is -2.11. The molecule has 0 saturated carbocycles. The topological polar surface area (TPSA) is 71.3 Å². The summed E-state index contributed by atoms with van der Waals surface area (Å²) in [6.07, 6.45) is 1.56. The molecule has 0 fully saturated rings. The Labute approximate surface area is 143 Å². The molecule has 0 spiro atoms. The highest BCUT2D eigenvalue weighted by molar-refractivity contribution is 8.00. The summed E-state index contributed by atoms with van der Waals surface area (Å²) in [5, 5.41) is 6.16. The molecule has 0 bridgehead atoms. The number of halogens is 1. The summed E-state index contributed by atoms with van der Waals surface area (Å²) in [6.45, 7) is 1.84. The summed E-state index contributed by atoms with van der Waals surface area (Å²) >= 11 is 7.03. The minimum Gasteiger partial charge on any atom is -0.467 e. The van der Waals surface area contributed by atoms with Crippen molar-refractivity contribution in [2.75, 3.05) is 16.8 Å². The van der Waals surface area contributed by atoms with Gasteiger partial charge in [0.1, 0.15) is 5.76 Å². The summed E-state index contributed by atoms with van der Waals surface area (Å²) in [6, 6.07) is 10.2. The maximum absolute atomic E-state index is 11.8. The number of hydrogen-bond acceptors (Lipinski definition) is 4. The van der Waals surface area contributed by atoms with Gasteiger partial charge in [0.2, 0.25) is 11.8 Å². The van der Waals surface area contributed by atoms with Crippen LogP contribution in [0.2, 0.25) is 5.02 Å². The van der Waals surface area contributed by atoms with Gasteiger partial charge in [0.15, 0.2) is 0 Å². The van der Waals surface area contributed by atoms with Crippen LogP contribution in [0.1, 0.15) is 18.7 Å². The highest BCUT2D eigenvalue weighted by Gasteiger charge is 2.12. The Kier molecular flexibility index (Phi) is 6.55. The van der Waals surface area contributed by atoms with Crippen LogP contribution < -0.4 is 10.6 Å². The molecule has 0 unspecified atom stereocenters. The second-order valence-corrected chi connectivity index (χ2v) is 6.27. The number of furan rings is 1. The Morgan fingerprint density at radius 3 is 2.52 bits per heavy atom. The number of amides is 2. The molecule has 23 heavy (non-hydrogen) atoms. The first-order chi connectivity index (χ1) is 11.0. The second-order valence-electron chi connectivity index (χ2n) is 4.85. The van der Waals surface area contributed by atoms with E-state index in [1.54, 1.807) is 42.7 Å². The zero-order valence-electron chi connectivity index (χ0n) is 12.5. The standard InChI is InChI=1S/C16H17ClN2O3S/c1-11(14-3-2-8-22-14)18-15(20)9-23-10-16(21)19-13-6-4-12(17)5-7-13/h2-8,11H,9-10H2,1H3,(H,18,20)(H,19,21)/t11-/m0/s1. The fourth-order valence-electron chi connectivity index (χ4n) is 1.86. The van der Waals surface area contributed by atoms with Crippen molar-refractivity contribution in [3.63, 3.8) is 0 Å². The molecule has 2 N–H and O–H groups in total. The molecule has 5 nitrogen and oxygen atoms in total. The van der Waals surface area contributed by atoms with Gasteiger partial charge in [-0.15, -0.1) is 11.8 Å². The van der Waals surface area contributed by atoms with Crippen molar-refractivity contribution < 1.29 is 14.0 Å². The smallest absolute Gasteiger partial charge is 0.234 e. The number of rotatable bonds is 7. The lowest BCUT2D eigenvalue weighted by Crippen LogP contribution is -2.28. The number of carbonyl (C=O) groups excluding carboxylic acids is 2. The van der Waals surface area contributed by atoms with Crippen LogP contribution in [0.25, 0.3) is 0 Å². The molecule has 0 aliphatic heterocycles. The highest BCUT2D eigenvalue weighted by atomic mass is 35.5. The van der Waals surface area contributed by atoms with E-state index in [1.165, 1.54) is 11.8 Å². The van der Waals surface area contributed by atoms with E-state index in [4.69, 9.17) is 16.0 Å². The van der Waals surface area contributed by atoms with Crippen LogP contribution >= 0.6 is 23.4 Å². The average molecular weight is 353 g/mol. The first-order valence-corrected chi connectivity index (χ1v) is 8.54. The molecule has 0 aliphatic carbocycles. The Bertz CT molecular complexity index is 644. The van der Waals surface area contributed by atoms with Crippen LogP contribution in [0.4, 0.5) is 5.69 Å². The van der Waals surface area contributed by atoms with Crippen molar-refractivity contribution in [1.29, 1.82) is 0 Å². The van der Waals surface area contributed by atoms with E-state index in [1.807, 2.05) is 6.92 Å². The number of hydrogen-bond donors (Lipinski definition) is 2. The van der Waals surface area contributed by atoms with Crippen LogP contribution in [0.3, 0.4) is 0 Å². The summed E-state index contributed by atoms with van der Waals surface area (Å²) in [5.74, 6) is 0.802. The van der Waals surface area contributed by atoms with Gasteiger partial charge in [0.25, 0.3) is 0 Å². The Morgan fingerprint density at radius 1 is 1.17 bits per heavy atom. The van der Waals surface area contributed by atoms with E-state index < -0.39 is 0 Å². The van der Waals surface area contributed by atoms with Crippen LogP contribution in [-0.2, 0) is 9.59 Å². The molecule has 122 valence electrons. The number of nitrogens with one attached hydrogen (secondary N) is 2. The van der Waals surface area contributed by atoms with Crippen molar-refractivity contribution in [3.8, 4) is 0 Å². The first-order valence-electron chi connectivity index (χ1n) is 7.00. The second kappa shape index (κ2) is 8.64. The van der Waals surface area contributed by atoms with E-state index >= 15 is 0 Å². The molecule has 0 saturated heterocycles. The van der Waals surface area contributed by atoms with Crippen LogP contribution in [0.5, 0.6) is 0 Å². The van der Waals surface area contributed by atoms with E-state index in [0.29, 0.717) is 16.5 Å². The van der Waals surface area contributed by atoms with Gasteiger partial charge in [-0.2, -0.15) is 0 Å². The van der Waals surface area contributed by atoms with Crippen molar-refractivity contribution >= 4 is 40.9 Å². The van der Waals surface area contributed by atoms with Gasteiger partial charge in [0.05, 0.1) is 23.8 Å². The molecular formula is C16H17ClN2O3S. The third kappa shape index (κ3) is 6.00. The number of carbonyl (C=O) groups is 2. The fourth-order valence-corrected chi connectivity index (χ4v) is 2.61. The lowest BCUT2D eigenvalue weighted by molar-refractivity contribution is -0.119. The predicted octanol–water partition coefficient (Wildman–Crippen LogP) is 3.48. The number of benzene rings is 1. The minimum absolute atomic E-state index is 0.141. The summed E-state index contributed by atoms with van der Waals surface area (Å²) in [7, 11) is 0. The summed E-state index contributed by atoms with van der Waals surface area (Å²) in [4.78, 5) is 23.6. The van der Waals surface area contributed by atoms with Gasteiger partial charge < -0.3 is 15.1 Å². The summed E-state index contributed by atoms with van der Waals surface area (Å²) in [5.41, 5.74) is 0.677. The third-order valence-electron chi connectivity index (χ3n) is 2.94. The van der Waals surface area contributed by atoms with Gasteiger partial charge in [0, 0.05) is 10.7 Å². The zero-order chi connectivity index (χ0) is 16.7. The Balaban J connectivity index is 1.66. The fraction of sp³-hybridized carbons (Fsp3) is 0.250. The number of anilines is 1. The van der Waals surface area contributed by atoms with Gasteiger partial charge >= 0.3 is 0 Å². The SMILES string of the molecule is C[C@H](NC(=O)CSCC(=O)Nc1ccc(Cl)cc1)c1ccco1. The molecule has 7 heteroatoms. The van der Waals surface area contributed by atoms with Gasteiger partial charge in [-0.25, -0.2) is 0 Å². The molecule has 0 radical (unpaired) electrons. The monoisotopic (exact) mass is 352 g/mol. The molecular weight excluding hydrogens is 336 g/mol. The molecule has 2 rings (SSSR count). The largest absolute Gasteiger partial charge is 0.467 e. The Hall–Kier alpha value is -1.92. The van der Waals surface area contributed by atoms with E-state index in [9.17, 15) is 9.59 Å². The maximum atomic E-state index is 11.8. The first kappa shape index (κ1) is 17.4. The normalized spacial score (nSPS) is 11.7. The maximum Gasteiger partial charge on any atom is 0.234 e. The quantitative estimate of drug-likeness (QED) is 0.800. The summed E-state index contributed by atoms with van der Waals surface area (Å²) < 4.78 is 5.22. The van der Waals surface area contributed by atoms with Crippen LogP contribution in [0.15, 0.2) is 47.1 Å². The Morgan fingerprint density at radius 2 is 1.87 bits per heavy atom. The van der Waals surface area contributed by atoms with E-state index in [0.717, 1.165) is 0 Å². The molecule has 2 aromatic rings. The lowest BCUT2D eigenvalue weighted by atomic mass is 10.2. The number of thioether (sulfide) groups is 1. The minimum atomic E-state index is -0.194. The van der Waals surface area contributed by atoms with Crippen LogP contribution in [0, 0.1) is 0 Å². The van der Waals surface area contributed by atoms with E-state index in [-0.39, 0.29) is 29.4 Å². The average Bonchev–Trinajstić information content (AvgIpc) is 3.04. The van der Waals surface area contributed by atoms with Crippen molar-refractivity contribution in [1.82, 2.24) is 5.32 Å². The van der Waals surface area contributed by atoms with Crippen molar-refractivity contribution in [2.24, 2.45) is 0 Å². The molecule has 1 aromatic heterocycles. The van der Waals surface area contributed by atoms with Gasteiger partial charge in [-0.3, -0.25) is 9.59 Å². The highest BCUT2D eigenvalue weighted by Crippen LogP contribution is 2.14. The van der Waals surface area contributed by atoms with E-state index in [2.05, 4.69) is 10.6 Å². The molecule has 1 atom stereocenters. The van der Waals surface area contributed by atoms with Gasteiger partial charge in [-0.05, 0) is 43.3 Å². The molecule has 2 amide bonds. The zero-order valence-corrected chi connectivity index (χ0v) is 14.1. The third-order valence-corrected chi connectivity index (χ3v) is 4.13. The van der Waals surface area contributed by atoms with Crippen LogP contribution in [-0.4, -0.2) is 23.3 Å². The van der Waals surface area contributed by atoms with Crippen molar-refractivity contribution in [3.05, 3.63) is 53.4 Å². The molecule has 1 heterocycles. The predicted molar refractivity (Wildman–Crippen MR) is 92.7 cm³/mol. The molecule has 1 aromatic carbocycles. The van der Waals surface area contributed by atoms with Gasteiger partial charge in [-0.1, -0.05) is 11.6 Å². The van der Waals surface area contributed by atoms with Crippen molar-refractivity contribution in [2.45, 2.75) is 13.0 Å².